The molecule has 2 N–H and O–H groups in total. The number of hydrogen-bond donors (Lipinski definition) is 2. The van der Waals surface area contributed by atoms with E-state index >= 15 is 0 Å². The van der Waals surface area contributed by atoms with Crippen molar-refractivity contribution in [2.45, 2.75) is 19.8 Å². The molecular weight excluding hydrogens is 266 g/mol. The summed E-state index contributed by atoms with van der Waals surface area (Å²) in [6.45, 7) is 2.79. The molecule has 0 aliphatic rings. The summed E-state index contributed by atoms with van der Waals surface area (Å²) in [5, 5.41) is 12.3. The summed E-state index contributed by atoms with van der Waals surface area (Å²) in [6.07, 6.45) is 2.09. The van der Waals surface area contributed by atoms with Gasteiger partial charge in [0.25, 0.3) is 5.91 Å². The van der Waals surface area contributed by atoms with Crippen molar-refractivity contribution in [3.8, 4) is 11.5 Å². The molecule has 0 saturated heterocycles. The Labute approximate surface area is 124 Å². The number of aromatic hydroxyl groups is 1. The highest BCUT2D eigenvalue weighted by Crippen LogP contribution is 2.22. The van der Waals surface area contributed by atoms with Crippen LogP contribution >= 0.6 is 0 Å². The molecule has 0 aliphatic carbocycles. The number of nitrogens with one attached hydrogen (secondary N) is 1. The van der Waals surface area contributed by atoms with Crippen molar-refractivity contribution in [3.63, 3.8) is 0 Å². The molecular formula is C17H19NO3. The predicted molar refractivity (Wildman–Crippen MR) is 82.9 cm³/mol. The molecule has 0 spiro atoms. The molecule has 0 unspecified atom stereocenters. The van der Waals surface area contributed by atoms with Gasteiger partial charge in [-0.2, -0.15) is 0 Å². The average Bonchev–Trinajstić information content (AvgIpc) is 2.50. The zero-order valence-corrected chi connectivity index (χ0v) is 12.0. The van der Waals surface area contributed by atoms with E-state index in [1.54, 1.807) is 42.5 Å². The smallest absolute Gasteiger partial charge is 0.255 e. The van der Waals surface area contributed by atoms with E-state index in [1.807, 2.05) is 0 Å². The van der Waals surface area contributed by atoms with E-state index in [0.717, 1.165) is 18.6 Å². The molecule has 2 aromatic carbocycles. The van der Waals surface area contributed by atoms with Gasteiger partial charge in [-0.3, -0.25) is 4.79 Å². The molecule has 0 atom stereocenters. The summed E-state index contributed by atoms with van der Waals surface area (Å²) < 4.78 is 5.55. The maximum Gasteiger partial charge on any atom is 0.255 e. The van der Waals surface area contributed by atoms with Crippen LogP contribution in [0.25, 0.3) is 0 Å². The van der Waals surface area contributed by atoms with E-state index in [9.17, 15) is 9.90 Å². The lowest BCUT2D eigenvalue weighted by Crippen LogP contribution is -2.11. The largest absolute Gasteiger partial charge is 0.506 e. The maximum absolute atomic E-state index is 12.1. The van der Waals surface area contributed by atoms with Gasteiger partial charge in [-0.15, -0.1) is 0 Å². The molecule has 2 rings (SSSR count). The minimum Gasteiger partial charge on any atom is -0.506 e. The minimum absolute atomic E-state index is 0.0466. The highest BCUT2D eigenvalue weighted by molar-refractivity contribution is 6.05. The third-order valence-corrected chi connectivity index (χ3v) is 3.04. The van der Waals surface area contributed by atoms with Gasteiger partial charge >= 0.3 is 0 Å². The van der Waals surface area contributed by atoms with Crippen molar-refractivity contribution in [2.24, 2.45) is 0 Å². The van der Waals surface area contributed by atoms with E-state index in [1.165, 1.54) is 6.07 Å². The van der Waals surface area contributed by atoms with Crippen molar-refractivity contribution in [1.82, 2.24) is 0 Å². The molecule has 0 radical (unpaired) electrons. The number of carbonyl (C=O) groups excluding carboxylic acids is 1. The van der Waals surface area contributed by atoms with Crippen LogP contribution in [-0.2, 0) is 0 Å². The fourth-order valence-electron chi connectivity index (χ4n) is 1.81. The topological polar surface area (TPSA) is 58.6 Å². The molecule has 0 bridgehead atoms. The van der Waals surface area contributed by atoms with Gasteiger partial charge in [0.2, 0.25) is 0 Å². The molecule has 0 aromatic heterocycles. The van der Waals surface area contributed by atoms with Gasteiger partial charge in [0.05, 0.1) is 12.3 Å². The average molecular weight is 285 g/mol. The molecule has 21 heavy (non-hydrogen) atoms. The Morgan fingerprint density at radius 2 is 1.86 bits per heavy atom. The number of carbonyl (C=O) groups is 1. The van der Waals surface area contributed by atoms with Crippen molar-refractivity contribution in [3.05, 3.63) is 54.1 Å². The Kier molecular flexibility index (Phi) is 5.21. The lowest BCUT2D eigenvalue weighted by Gasteiger charge is -2.08. The van der Waals surface area contributed by atoms with E-state index in [4.69, 9.17) is 4.74 Å². The van der Waals surface area contributed by atoms with Crippen LogP contribution in [-0.4, -0.2) is 17.6 Å². The number of anilines is 1. The van der Waals surface area contributed by atoms with Crippen LogP contribution in [0.4, 0.5) is 5.69 Å². The standard InChI is InChI=1S/C17H19NO3/c1-2-3-12-21-14-10-8-13(9-11-14)17(20)18-15-6-4-5-7-16(15)19/h4-11,19H,2-3,12H2,1H3,(H,18,20). The number of para-hydroxylation sites is 2. The van der Waals surface area contributed by atoms with Crippen LogP contribution in [0.2, 0.25) is 0 Å². The number of phenols is 1. The van der Waals surface area contributed by atoms with Crippen molar-refractivity contribution in [1.29, 1.82) is 0 Å². The fraction of sp³-hybridized carbons (Fsp3) is 0.235. The highest BCUT2D eigenvalue weighted by atomic mass is 16.5. The van der Waals surface area contributed by atoms with Gasteiger partial charge in [0, 0.05) is 5.56 Å². The van der Waals surface area contributed by atoms with Gasteiger partial charge in [-0.1, -0.05) is 25.5 Å². The van der Waals surface area contributed by atoms with Crippen LogP contribution in [0.3, 0.4) is 0 Å². The second kappa shape index (κ2) is 7.33. The summed E-state index contributed by atoms with van der Waals surface area (Å²) in [7, 11) is 0. The predicted octanol–water partition coefficient (Wildman–Crippen LogP) is 3.82. The Hall–Kier alpha value is -2.49. The lowest BCUT2D eigenvalue weighted by molar-refractivity contribution is 0.102. The minimum atomic E-state index is -0.267. The third kappa shape index (κ3) is 4.24. The summed E-state index contributed by atoms with van der Waals surface area (Å²) in [5.74, 6) is 0.532. The molecule has 2 aromatic rings. The number of hydrogen-bond acceptors (Lipinski definition) is 3. The summed E-state index contributed by atoms with van der Waals surface area (Å²) >= 11 is 0. The Balaban J connectivity index is 1.98. The number of unbranched alkanes of at least 4 members (excludes halogenated alkanes) is 1. The van der Waals surface area contributed by atoms with Crippen molar-refractivity contribution in [2.75, 3.05) is 11.9 Å². The number of rotatable bonds is 6. The molecule has 110 valence electrons. The Morgan fingerprint density at radius 3 is 2.52 bits per heavy atom. The van der Waals surface area contributed by atoms with Crippen LogP contribution in [0.5, 0.6) is 11.5 Å². The first kappa shape index (κ1) is 14.9. The van der Waals surface area contributed by atoms with Crippen molar-refractivity contribution >= 4 is 11.6 Å². The van der Waals surface area contributed by atoms with Crippen LogP contribution in [0.15, 0.2) is 48.5 Å². The molecule has 0 saturated carbocycles. The first-order valence-corrected chi connectivity index (χ1v) is 7.03. The fourth-order valence-corrected chi connectivity index (χ4v) is 1.81. The molecule has 1 amide bonds. The summed E-state index contributed by atoms with van der Waals surface area (Å²) in [4.78, 5) is 12.1. The Morgan fingerprint density at radius 1 is 1.14 bits per heavy atom. The molecule has 0 fully saturated rings. The first-order valence-electron chi connectivity index (χ1n) is 7.03. The second-order valence-electron chi connectivity index (χ2n) is 4.70. The van der Waals surface area contributed by atoms with E-state index in [0.29, 0.717) is 17.9 Å². The van der Waals surface area contributed by atoms with Gasteiger partial charge in [0.1, 0.15) is 11.5 Å². The summed E-state index contributed by atoms with van der Waals surface area (Å²) in [5.41, 5.74) is 0.909. The van der Waals surface area contributed by atoms with Gasteiger partial charge < -0.3 is 15.2 Å². The summed E-state index contributed by atoms with van der Waals surface area (Å²) in [6, 6.07) is 13.6. The number of phenolic OH excluding ortho intramolecular Hbond substituents is 1. The SMILES string of the molecule is CCCCOc1ccc(C(=O)Nc2ccccc2O)cc1. The monoisotopic (exact) mass is 285 g/mol. The molecule has 4 nitrogen and oxygen atoms in total. The molecule has 0 aliphatic heterocycles. The van der Waals surface area contributed by atoms with E-state index in [-0.39, 0.29) is 11.7 Å². The second-order valence-corrected chi connectivity index (χ2v) is 4.70. The van der Waals surface area contributed by atoms with E-state index < -0.39 is 0 Å². The lowest BCUT2D eigenvalue weighted by atomic mass is 10.2. The van der Waals surface area contributed by atoms with Crippen LogP contribution in [0, 0.1) is 0 Å². The Bertz CT molecular complexity index is 593. The zero-order valence-electron chi connectivity index (χ0n) is 12.0. The maximum atomic E-state index is 12.1. The molecule has 0 heterocycles. The van der Waals surface area contributed by atoms with Gasteiger partial charge in [-0.05, 0) is 42.8 Å². The number of benzene rings is 2. The first-order chi connectivity index (χ1) is 10.2. The van der Waals surface area contributed by atoms with Crippen LogP contribution in [0.1, 0.15) is 30.1 Å². The normalized spacial score (nSPS) is 10.1. The molecule has 4 heteroatoms. The number of amides is 1. The quantitative estimate of drug-likeness (QED) is 0.626. The highest BCUT2D eigenvalue weighted by Gasteiger charge is 2.08. The third-order valence-electron chi connectivity index (χ3n) is 3.04. The van der Waals surface area contributed by atoms with Crippen LogP contribution < -0.4 is 10.1 Å². The van der Waals surface area contributed by atoms with Gasteiger partial charge in [-0.25, -0.2) is 0 Å². The van der Waals surface area contributed by atoms with Gasteiger partial charge in [0.15, 0.2) is 0 Å². The number of ether oxygens (including phenoxy) is 1. The zero-order chi connectivity index (χ0) is 15.1. The van der Waals surface area contributed by atoms with E-state index in [2.05, 4.69) is 12.2 Å². The van der Waals surface area contributed by atoms with Crippen molar-refractivity contribution < 1.29 is 14.6 Å².